The van der Waals surface area contributed by atoms with Crippen LogP contribution in [-0.2, 0) is 9.47 Å². The summed E-state index contributed by atoms with van der Waals surface area (Å²) in [5, 5.41) is 6.57. The van der Waals surface area contributed by atoms with Crippen LogP contribution < -0.4 is 10.6 Å². The fourth-order valence-electron chi connectivity index (χ4n) is 3.05. The summed E-state index contributed by atoms with van der Waals surface area (Å²) in [7, 11) is 1.79. The van der Waals surface area contributed by atoms with E-state index in [-0.39, 0.29) is 12.1 Å². The topological polar surface area (TPSA) is 59.6 Å². The minimum absolute atomic E-state index is 0.241. The standard InChI is InChI=1S/C15H28N2O3/c1-15(2,3)20-14(18)17-11-8-10(9-11)16-12-6-5-7-13(12)19-4/h10-13,16H,5-9H2,1-4H3,(H,17,18). The quantitative estimate of drug-likeness (QED) is 0.831. The maximum absolute atomic E-state index is 11.6. The zero-order valence-electron chi connectivity index (χ0n) is 13.1. The minimum Gasteiger partial charge on any atom is -0.444 e. The Bertz CT molecular complexity index is 335. The summed E-state index contributed by atoms with van der Waals surface area (Å²) in [5.41, 5.74) is -0.430. The number of carbonyl (C=O) groups excluding carboxylic acids is 1. The lowest BCUT2D eigenvalue weighted by Crippen LogP contribution is -2.56. The molecule has 5 nitrogen and oxygen atoms in total. The summed E-state index contributed by atoms with van der Waals surface area (Å²) in [6, 6.07) is 1.22. The van der Waals surface area contributed by atoms with Crippen LogP contribution in [-0.4, -0.2) is 43.0 Å². The molecule has 20 heavy (non-hydrogen) atoms. The van der Waals surface area contributed by atoms with Gasteiger partial charge in [-0.05, 0) is 52.9 Å². The molecule has 0 aromatic rings. The number of nitrogens with one attached hydrogen (secondary N) is 2. The van der Waals surface area contributed by atoms with Gasteiger partial charge in [0.2, 0.25) is 0 Å². The molecule has 0 aromatic heterocycles. The van der Waals surface area contributed by atoms with Crippen molar-refractivity contribution in [2.45, 2.75) is 82.7 Å². The Morgan fingerprint density at radius 3 is 2.45 bits per heavy atom. The van der Waals surface area contributed by atoms with Crippen LogP contribution in [0.25, 0.3) is 0 Å². The lowest BCUT2D eigenvalue weighted by Gasteiger charge is -2.39. The first-order valence-corrected chi connectivity index (χ1v) is 7.66. The van der Waals surface area contributed by atoms with Crippen LogP contribution in [0.4, 0.5) is 4.79 Å². The third-order valence-electron chi connectivity index (χ3n) is 4.06. The van der Waals surface area contributed by atoms with Crippen molar-refractivity contribution in [3.8, 4) is 0 Å². The number of hydrogen-bond donors (Lipinski definition) is 2. The van der Waals surface area contributed by atoms with Crippen molar-refractivity contribution in [2.75, 3.05) is 7.11 Å². The predicted molar refractivity (Wildman–Crippen MR) is 77.8 cm³/mol. The normalized spacial score (nSPS) is 33.6. The number of hydrogen-bond acceptors (Lipinski definition) is 4. The molecule has 2 aliphatic rings. The Hall–Kier alpha value is -0.810. The second-order valence-corrected chi connectivity index (χ2v) is 6.99. The molecule has 0 spiro atoms. The number of carbonyl (C=O) groups is 1. The molecule has 116 valence electrons. The maximum atomic E-state index is 11.6. The van der Waals surface area contributed by atoms with Gasteiger partial charge in [0, 0.05) is 25.2 Å². The molecule has 2 saturated carbocycles. The molecule has 2 N–H and O–H groups in total. The van der Waals surface area contributed by atoms with Crippen molar-refractivity contribution in [3.63, 3.8) is 0 Å². The van der Waals surface area contributed by atoms with E-state index in [2.05, 4.69) is 10.6 Å². The van der Waals surface area contributed by atoms with E-state index in [1.54, 1.807) is 7.11 Å². The van der Waals surface area contributed by atoms with E-state index < -0.39 is 5.60 Å². The van der Waals surface area contributed by atoms with Crippen LogP contribution in [0.5, 0.6) is 0 Å². The molecule has 0 aliphatic heterocycles. The number of alkyl carbamates (subject to hydrolysis) is 1. The fraction of sp³-hybridized carbons (Fsp3) is 0.933. The van der Waals surface area contributed by atoms with E-state index in [4.69, 9.17) is 9.47 Å². The summed E-state index contributed by atoms with van der Waals surface area (Å²) in [5.74, 6) is 0. The molecule has 0 radical (unpaired) electrons. The Morgan fingerprint density at radius 1 is 1.15 bits per heavy atom. The highest BCUT2D eigenvalue weighted by Gasteiger charge is 2.36. The number of ether oxygens (including phenoxy) is 2. The van der Waals surface area contributed by atoms with E-state index in [0.717, 1.165) is 19.3 Å². The predicted octanol–water partition coefficient (Wildman–Crippen LogP) is 2.20. The van der Waals surface area contributed by atoms with Crippen LogP contribution >= 0.6 is 0 Å². The zero-order chi connectivity index (χ0) is 14.8. The van der Waals surface area contributed by atoms with Gasteiger partial charge < -0.3 is 20.1 Å². The smallest absolute Gasteiger partial charge is 0.407 e. The highest BCUT2D eigenvalue weighted by atomic mass is 16.6. The largest absolute Gasteiger partial charge is 0.444 e. The summed E-state index contributed by atoms with van der Waals surface area (Å²) < 4.78 is 10.7. The van der Waals surface area contributed by atoms with Gasteiger partial charge in [-0.2, -0.15) is 0 Å². The molecule has 0 saturated heterocycles. The molecule has 2 unspecified atom stereocenters. The van der Waals surface area contributed by atoms with Gasteiger partial charge in [0.05, 0.1) is 6.10 Å². The van der Waals surface area contributed by atoms with Crippen LogP contribution in [0, 0.1) is 0 Å². The molecule has 2 rings (SSSR count). The van der Waals surface area contributed by atoms with E-state index in [0.29, 0.717) is 18.2 Å². The third-order valence-corrected chi connectivity index (χ3v) is 4.06. The second-order valence-electron chi connectivity index (χ2n) is 6.99. The summed E-state index contributed by atoms with van der Waals surface area (Å²) in [4.78, 5) is 11.6. The Kier molecular flexibility index (Phi) is 4.91. The molecule has 2 aliphatic carbocycles. The highest BCUT2D eigenvalue weighted by Crippen LogP contribution is 2.27. The van der Waals surface area contributed by atoms with E-state index in [9.17, 15) is 4.79 Å². The lowest BCUT2D eigenvalue weighted by atomic mass is 9.86. The maximum Gasteiger partial charge on any atom is 0.407 e. The molecular formula is C15H28N2O3. The molecule has 0 bridgehead atoms. The van der Waals surface area contributed by atoms with Crippen molar-refractivity contribution >= 4 is 6.09 Å². The average Bonchev–Trinajstić information content (AvgIpc) is 2.70. The van der Waals surface area contributed by atoms with Crippen LogP contribution in [0.3, 0.4) is 0 Å². The number of rotatable bonds is 4. The Balaban J connectivity index is 1.64. The summed E-state index contributed by atoms with van der Waals surface area (Å²) in [6.07, 6.45) is 5.59. The van der Waals surface area contributed by atoms with Crippen molar-refractivity contribution in [3.05, 3.63) is 0 Å². The first-order valence-electron chi connectivity index (χ1n) is 7.66. The molecule has 2 atom stereocenters. The molecule has 0 aromatic carbocycles. The molecule has 5 heteroatoms. The van der Waals surface area contributed by atoms with Crippen LogP contribution in [0.1, 0.15) is 52.9 Å². The zero-order valence-corrected chi connectivity index (χ0v) is 13.1. The first-order chi connectivity index (χ1) is 9.37. The van der Waals surface area contributed by atoms with Gasteiger partial charge in [0.25, 0.3) is 0 Å². The Morgan fingerprint density at radius 2 is 1.85 bits per heavy atom. The van der Waals surface area contributed by atoms with Crippen LogP contribution in [0.15, 0.2) is 0 Å². The average molecular weight is 284 g/mol. The third kappa shape index (κ3) is 4.35. The van der Waals surface area contributed by atoms with Gasteiger partial charge in [-0.3, -0.25) is 0 Å². The first kappa shape index (κ1) is 15.6. The van der Waals surface area contributed by atoms with Gasteiger partial charge >= 0.3 is 6.09 Å². The second kappa shape index (κ2) is 6.31. The van der Waals surface area contributed by atoms with Gasteiger partial charge in [-0.25, -0.2) is 4.79 Å². The molecule has 0 heterocycles. The van der Waals surface area contributed by atoms with Crippen molar-refractivity contribution < 1.29 is 14.3 Å². The number of amides is 1. The van der Waals surface area contributed by atoms with Gasteiger partial charge in [0.1, 0.15) is 5.60 Å². The minimum atomic E-state index is -0.430. The summed E-state index contributed by atoms with van der Waals surface area (Å²) >= 11 is 0. The van der Waals surface area contributed by atoms with Crippen molar-refractivity contribution in [2.24, 2.45) is 0 Å². The molecule has 2 fully saturated rings. The van der Waals surface area contributed by atoms with E-state index >= 15 is 0 Å². The fourth-order valence-corrected chi connectivity index (χ4v) is 3.05. The summed E-state index contributed by atoms with van der Waals surface area (Å²) in [6.45, 7) is 5.63. The monoisotopic (exact) mass is 284 g/mol. The van der Waals surface area contributed by atoms with Gasteiger partial charge in [0.15, 0.2) is 0 Å². The van der Waals surface area contributed by atoms with E-state index in [1.807, 2.05) is 20.8 Å². The van der Waals surface area contributed by atoms with Crippen molar-refractivity contribution in [1.29, 1.82) is 0 Å². The van der Waals surface area contributed by atoms with Gasteiger partial charge in [-0.15, -0.1) is 0 Å². The van der Waals surface area contributed by atoms with Crippen LogP contribution in [0.2, 0.25) is 0 Å². The molecular weight excluding hydrogens is 256 g/mol. The molecule has 1 amide bonds. The Labute approximate surface area is 121 Å². The lowest BCUT2D eigenvalue weighted by molar-refractivity contribution is 0.0440. The van der Waals surface area contributed by atoms with Gasteiger partial charge in [-0.1, -0.05) is 0 Å². The SMILES string of the molecule is COC1CCCC1NC1CC(NC(=O)OC(C)(C)C)C1. The van der Waals surface area contributed by atoms with Crippen molar-refractivity contribution in [1.82, 2.24) is 10.6 Å². The van der Waals surface area contributed by atoms with E-state index in [1.165, 1.54) is 12.8 Å². The number of methoxy groups -OCH3 is 1. The highest BCUT2D eigenvalue weighted by molar-refractivity contribution is 5.68.